The number of nitrogens with one attached hydrogen (secondary N) is 1. The van der Waals surface area contributed by atoms with Gasteiger partial charge in [0.05, 0.1) is 11.1 Å². The van der Waals surface area contributed by atoms with Crippen LogP contribution >= 0.6 is 0 Å². The number of hydrogen-bond donors (Lipinski definition) is 2. The van der Waals surface area contributed by atoms with Crippen molar-refractivity contribution in [3.05, 3.63) is 23.7 Å². The van der Waals surface area contributed by atoms with E-state index in [2.05, 4.69) is 28.8 Å². The fourth-order valence-corrected chi connectivity index (χ4v) is 1.83. The summed E-state index contributed by atoms with van der Waals surface area (Å²) in [5.74, 6) is 0.839. The molecule has 0 spiro atoms. The maximum atomic E-state index is 6.30. The number of hydrogen-bond acceptors (Lipinski definition) is 3. The molecule has 2 heterocycles. The second kappa shape index (κ2) is 3.87. The summed E-state index contributed by atoms with van der Waals surface area (Å²) in [7, 11) is 0. The number of pyridine rings is 1. The van der Waals surface area contributed by atoms with Crippen molar-refractivity contribution >= 4 is 11.2 Å². The Morgan fingerprint density at radius 1 is 1.38 bits per heavy atom. The minimum Gasteiger partial charge on any atom is -0.339 e. The molecule has 0 amide bonds. The molecule has 0 radical (unpaired) electrons. The van der Waals surface area contributed by atoms with Gasteiger partial charge in [0.15, 0.2) is 5.65 Å². The van der Waals surface area contributed by atoms with E-state index < -0.39 is 0 Å². The Labute approximate surface area is 95.3 Å². The third kappa shape index (κ3) is 1.69. The maximum absolute atomic E-state index is 6.30. The lowest BCUT2D eigenvalue weighted by Crippen LogP contribution is -2.36. The zero-order valence-electron chi connectivity index (χ0n) is 10.0. The molecule has 4 nitrogen and oxygen atoms in total. The van der Waals surface area contributed by atoms with E-state index in [1.165, 1.54) is 0 Å². The van der Waals surface area contributed by atoms with Crippen LogP contribution in [0.1, 0.15) is 38.1 Å². The lowest BCUT2D eigenvalue weighted by Gasteiger charge is -2.23. The second-order valence-electron chi connectivity index (χ2n) is 4.33. The van der Waals surface area contributed by atoms with Crippen LogP contribution in [0.5, 0.6) is 0 Å². The van der Waals surface area contributed by atoms with Crippen LogP contribution in [0.15, 0.2) is 12.3 Å². The molecule has 0 aromatic carbocycles. The van der Waals surface area contributed by atoms with E-state index in [0.717, 1.165) is 35.4 Å². The van der Waals surface area contributed by atoms with Crippen LogP contribution in [-0.4, -0.2) is 15.0 Å². The average Bonchev–Trinajstić information content (AvgIpc) is 2.71. The number of aromatic nitrogens is 3. The van der Waals surface area contributed by atoms with E-state index in [1.54, 1.807) is 0 Å². The summed E-state index contributed by atoms with van der Waals surface area (Å²) >= 11 is 0. The van der Waals surface area contributed by atoms with Gasteiger partial charge in [-0.15, -0.1) is 0 Å². The van der Waals surface area contributed by atoms with Crippen LogP contribution in [0.2, 0.25) is 0 Å². The predicted molar refractivity (Wildman–Crippen MR) is 65.1 cm³/mol. The monoisotopic (exact) mass is 218 g/mol. The smallest absolute Gasteiger partial charge is 0.177 e. The molecule has 3 N–H and O–H groups in total. The fraction of sp³-hybridized carbons (Fsp3) is 0.500. The van der Waals surface area contributed by atoms with Gasteiger partial charge in [0.25, 0.3) is 0 Å². The first-order chi connectivity index (χ1) is 7.59. The standard InChI is InChI=1S/C12H18N4/c1-4-12(13,5-2)11-15-9-6-8(3)7-14-10(9)16-11/h6-7H,4-5,13H2,1-3H3,(H,14,15,16). The van der Waals surface area contributed by atoms with Crippen LogP contribution in [0.4, 0.5) is 0 Å². The maximum Gasteiger partial charge on any atom is 0.177 e. The van der Waals surface area contributed by atoms with Crippen LogP contribution < -0.4 is 5.73 Å². The topological polar surface area (TPSA) is 67.6 Å². The number of aryl methyl sites for hydroxylation is 1. The first-order valence-corrected chi connectivity index (χ1v) is 5.71. The number of aromatic amines is 1. The van der Waals surface area contributed by atoms with Gasteiger partial charge in [0, 0.05) is 6.20 Å². The SMILES string of the molecule is CCC(N)(CC)c1nc2ncc(C)cc2[nH]1. The van der Waals surface area contributed by atoms with Crippen molar-refractivity contribution in [2.24, 2.45) is 5.73 Å². The summed E-state index contributed by atoms with van der Waals surface area (Å²) in [5.41, 5.74) is 8.77. The highest BCUT2D eigenvalue weighted by atomic mass is 15.0. The molecule has 0 saturated carbocycles. The second-order valence-corrected chi connectivity index (χ2v) is 4.33. The third-order valence-electron chi connectivity index (χ3n) is 3.21. The van der Waals surface area contributed by atoms with Crippen LogP contribution in [0.25, 0.3) is 11.2 Å². The zero-order valence-corrected chi connectivity index (χ0v) is 10.0. The Balaban J connectivity index is 2.54. The molecule has 0 unspecified atom stereocenters. The van der Waals surface area contributed by atoms with Crippen molar-refractivity contribution in [1.29, 1.82) is 0 Å². The van der Waals surface area contributed by atoms with E-state index in [1.807, 2.05) is 19.2 Å². The molecule has 4 heteroatoms. The van der Waals surface area contributed by atoms with E-state index in [-0.39, 0.29) is 5.54 Å². The summed E-state index contributed by atoms with van der Waals surface area (Å²) in [6.07, 6.45) is 3.55. The molecule has 0 atom stereocenters. The molecule has 2 aromatic rings. The van der Waals surface area contributed by atoms with Gasteiger partial charge in [-0.2, -0.15) is 0 Å². The Hall–Kier alpha value is -1.42. The molecule has 0 saturated heterocycles. The van der Waals surface area contributed by atoms with E-state index in [4.69, 9.17) is 5.73 Å². The van der Waals surface area contributed by atoms with Crippen LogP contribution in [0.3, 0.4) is 0 Å². The molecule has 0 aliphatic carbocycles. The number of imidazole rings is 1. The quantitative estimate of drug-likeness (QED) is 0.830. The van der Waals surface area contributed by atoms with Gasteiger partial charge in [-0.25, -0.2) is 9.97 Å². The Kier molecular flexibility index (Phi) is 2.68. The number of nitrogens with zero attached hydrogens (tertiary/aromatic N) is 2. The predicted octanol–water partition coefficient (Wildman–Crippen LogP) is 2.24. The number of H-pyrrole nitrogens is 1. The Morgan fingerprint density at radius 3 is 2.69 bits per heavy atom. The summed E-state index contributed by atoms with van der Waals surface area (Å²) in [5, 5.41) is 0. The Morgan fingerprint density at radius 2 is 2.06 bits per heavy atom. The minimum absolute atomic E-state index is 0.366. The van der Waals surface area contributed by atoms with Crippen molar-refractivity contribution in [2.75, 3.05) is 0 Å². The molecule has 0 aliphatic rings. The van der Waals surface area contributed by atoms with Crippen molar-refractivity contribution in [1.82, 2.24) is 15.0 Å². The lowest BCUT2D eigenvalue weighted by atomic mass is 9.93. The normalized spacial score (nSPS) is 12.2. The molecule has 0 aliphatic heterocycles. The van der Waals surface area contributed by atoms with E-state index in [0.29, 0.717) is 0 Å². The third-order valence-corrected chi connectivity index (χ3v) is 3.21. The molecule has 16 heavy (non-hydrogen) atoms. The van der Waals surface area contributed by atoms with Gasteiger partial charge < -0.3 is 10.7 Å². The Bertz CT molecular complexity index is 497. The van der Waals surface area contributed by atoms with Gasteiger partial charge in [-0.1, -0.05) is 13.8 Å². The number of nitrogens with two attached hydrogens (primary N) is 1. The summed E-state index contributed by atoms with van der Waals surface area (Å²) < 4.78 is 0. The first-order valence-electron chi connectivity index (χ1n) is 5.71. The molecule has 0 fully saturated rings. The highest BCUT2D eigenvalue weighted by Crippen LogP contribution is 2.24. The average molecular weight is 218 g/mol. The van der Waals surface area contributed by atoms with Gasteiger partial charge in [-0.05, 0) is 31.4 Å². The molecular formula is C12H18N4. The number of rotatable bonds is 3. The lowest BCUT2D eigenvalue weighted by molar-refractivity contribution is 0.391. The largest absolute Gasteiger partial charge is 0.339 e. The van der Waals surface area contributed by atoms with Gasteiger partial charge in [0.2, 0.25) is 0 Å². The summed E-state index contributed by atoms with van der Waals surface area (Å²) in [6, 6.07) is 2.05. The first kappa shape index (κ1) is 11.1. The van der Waals surface area contributed by atoms with Crippen molar-refractivity contribution < 1.29 is 0 Å². The van der Waals surface area contributed by atoms with E-state index in [9.17, 15) is 0 Å². The zero-order chi connectivity index (χ0) is 11.8. The molecule has 0 bridgehead atoms. The van der Waals surface area contributed by atoms with E-state index >= 15 is 0 Å². The number of fused-ring (bicyclic) bond motifs is 1. The molecule has 86 valence electrons. The van der Waals surface area contributed by atoms with Gasteiger partial charge in [0.1, 0.15) is 5.82 Å². The van der Waals surface area contributed by atoms with Gasteiger partial charge in [-0.3, -0.25) is 0 Å². The molecule has 2 rings (SSSR count). The highest BCUT2D eigenvalue weighted by Gasteiger charge is 2.26. The minimum atomic E-state index is -0.366. The van der Waals surface area contributed by atoms with Crippen molar-refractivity contribution in [3.8, 4) is 0 Å². The molecule has 2 aromatic heterocycles. The van der Waals surface area contributed by atoms with Crippen molar-refractivity contribution in [3.63, 3.8) is 0 Å². The highest BCUT2D eigenvalue weighted by molar-refractivity contribution is 5.71. The van der Waals surface area contributed by atoms with Crippen LogP contribution in [-0.2, 0) is 5.54 Å². The van der Waals surface area contributed by atoms with Gasteiger partial charge >= 0.3 is 0 Å². The van der Waals surface area contributed by atoms with Crippen molar-refractivity contribution in [2.45, 2.75) is 39.2 Å². The summed E-state index contributed by atoms with van der Waals surface area (Å²) in [4.78, 5) is 12.0. The molecular weight excluding hydrogens is 200 g/mol. The summed E-state index contributed by atoms with van der Waals surface area (Å²) in [6.45, 7) is 6.17. The fourth-order valence-electron chi connectivity index (χ4n) is 1.83. The van der Waals surface area contributed by atoms with Crippen LogP contribution in [0, 0.1) is 6.92 Å².